The summed E-state index contributed by atoms with van der Waals surface area (Å²) >= 11 is 0. The standard InChI is InChI=1S/C32H37N5O3/c38-30(22-25-8-3-1-4-9-25)34-28-24-27(32(40)37-18-14-33-15-19-37)12-13-29(28)35-16-7-17-36(21-20-35)31(39)23-26-10-5-2-6-11-26/h1-6,8-13,24,33H,7,14-23H2,(H,34,38). The van der Waals surface area contributed by atoms with Gasteiger partial charge in [0.25, 0.3) is 5.91 Å². The van der Waals surface area contributed by atoms with E-state index in [9.17, 15) is 14.4 Å². The molecule has 0 aromatic heterocycles. The summed E-state index contributed by atoms with van der Waals surface area (Å²) in [4.78, 5) is 45.4. The van der Waals surface area contributed by atoms with Crippen LogP contribution in [0.3, 0.4) is 0 Å². The minimum atomic E-state index is -0.131. The van der Waals surface area contributed by atoms with E-state index in [4.69, 9.17) is 0 Å². The number of anilines is 2. The summed E-state index contributed by atoms with van der Waals surface area (Å²) in [5.74, 6) is -0.0322. The van der Waals surface area contributed by atoms with Crippen molar-refractivity contribution in [2.45, 2.75) is 19.3 Å². The van der Waals surface area contributed by atoms with Crippen LogP contribution in [-0.2, 0) is 22.4 Å². The quantitative estimate of drug-likeness (QED) is 0.482. The smallest absolute Gasteiger partial charge is 0.254 e. The van der Waals surface area contributed by atoms with E-state index in [0.29, 0.717) is 50.4 Å². The summed E-state index contributed by atoms with van der Waals surface area (Å²) < 4.78 is 0. The molecule has 8 nitrogen and oxygen atoms in total. The van der Waals surface area contributed by atoms with Crippen molar-refractivity contribution in [3.05, 3.63) is 95.6 Å². The maximum Gasteiger partial charge on any atom is 0.254 e. The number of piperazine rings is 1. The number of rotatable bonds is 7. The molecule has 0 atom stereocenters. The molecule has 40 heavy (non-hydrogen) atoms. The van der Waals surface area contributed by atoms with Gasteiger partial charge in [-0.3, -0.25) is 14.4 Å². The fourth-order valence-electron chi connectivity index (χ4n) is 5.36. The summed E-state index contributed by atoms with van der Waals surface area (Å²) in [5.41, 5.74) is 4.01. The summed E-state index contributed by atoms with van der Waals surface area (Å²) in [6.07, 6.45) is 1.46. The van der Waals surface area contributed by atoms with Crippen molar-refractivity contribution in [1.82, 2.24) is 15.1 Å². The molecule has 2 aliphatic rings. The van der Waals surface area contributed by atoms with Crippen LogP contribution in [0.2, 0.25) is 0 Å². The first-order valence-electron chi connectivity index (χ1n) is 14.1. The van der Waals surface area contributed by atoms with Crippen LogP contribution >= 0.6 is 0 Å². The van der Waals surface area contributed by atoms with Crippen LogP contribution in [-0.4, -0.2) is 79.9 Å². The van der Waals surface area contributed by atoms with Gasteiger partial charge in [0, 0.05) is 57.9 Å². The fraction of sp³-hybridized carbons (Fsp3) is 0.344. The first kappa shape index (κ1) is 27.4. The molecule has 3 aromatic carbocycles. The molecule has 0 aliphatic carbocycles. The van der Waals surface area contributed by atoms with Gasteiger partial charge in [0.2, 0.25) is 11.8 Å². The van der Waals surface area contributed by atoms with Crippen LogP contribution in [0.15, 0.2) is 78.9 Å². The third-order valence-corrected chi connectivity index (χ3v) is 7.52. The highest BCUT2D eigenvalue weighted by molar-refractivity contribution is 6.00. The number of amides is 3. The zero-order valence-electron chi connectivity index (χ0n) is 22.9. The van der Waals surface area contributed by atoms with Gasteiger partial charge in [-0.15, -0.1) is 0 Å². The van der Waals surface area contributed by atoms with Crippen molar-refractivity contribution in [1.29, 1.82) is 0 Å². The molecule has 3 amide bonds. The lowest BCUT2D eigenvalue weighted by molar-refractivity contribution is -0.130. The highest BCUT2D eigenvalue weighted by atomic mass is 16.2. The molecule has 0 radical (unpaired) electrons. The monoisotopic (exact) mass is 539 g/mol. The molecule has 3 aromatic rings. The van der Waals surface area contributed by atoms with Gasteiger partial charge in [-0.1, -0.05) is 60.7 Å². The molecular formula is C32H37N5O3. The molecule has 5 rings (SSSR count). The predicted molar refractivity (Wildman–Crippen MR) is 158 cm³/mol. The van der Waals surface area contributed by atoms with E-state index in [0.717, 1.165) is 42.9 Å². The molecule has 0 unspecified atom stereocenters. The van der Waals surface area contributed by atoms with Gasteiger partial charge in [-0.2, -0.15) is 0 Å². The third-order valence-electron chi connectivity index (χ3n) is 7.52. The molecule has 208 valence electrons. The molecule has 2 N–H and O–H groups in total. The van der Waals surface area contributed by atoms with E-state index in [1.807, 2.05) is 88.7 Å². The van der Waals surface area contributed by atoms with E-state index < -0.39 is 0 Å². The van der Waals surface area contributed by atoms with Crippen molar-refractivity contribution in [3.63, 3.8) is 0 Å². The number of carbonyl (C=O) groups excluding carboxylic acids is 3. The van der Waals surface area contributed by atoms with E-state index in [1.54, 1.807) is 0 Å². The topological polar surface area (TPSA) is 85.0 Å². The minimum Gasteiger partial charge on any atom is -0.368 e. The number of hydrogen-bond acceptors (Lipinski definition) is 5. The van der Waals surface area contributed by atoms with Crippen molar-refractivity contribution in [3.8, 4) is 0 Å². The predicted octanol–water partition coefficient (Wildman–Crippen LogP) is 3.19. The Balaban J connectivity index is 1.33. The maximum absolute atomic E-state index is 13.3. The normalized spacial score (nSPS) is 15.8. The molecule has 0 saturated carbocycles. The van der Waals surface area contributed by atoms with E-state index in [1.165, 1.54) is 0 Å². The largest absolute Gasteiger partial charge is 0.368 e. The molecule has 2 heterocycles. The number of carbonyl (C=O) groups is 3. The summed E-state index contributed by atoms with van der Waals surface area (Å²) in [6, 6.07) is 25.1. The Hall–Kier alpha value is -4.17. The molecule has 0 spiro atoms. The van der Waals surface area contributed by atoms with Crippen LogP contribution in [0, 0.1) is 0 Å². The number of nitrogens with zero attached hydrogens (tertiary/aromatic N) is 3. The Morgan fingerprint density at radius 3 is 2.08 bits per heavy atom. The van der Waals surface area contributed by atoms with E-state index in [-0.39, 0.29) is 24.1 Å². The second-order valence-electron chi connectivity index (χ2n) is 10.4. The van der Waals surface area contributed by atoms with Crippen molar-refractivity contribution >= 4 is 29.1 Å². The second-order valence-corrected chi connectivity index (χ2v) is 10.4. The van der Waals surface area contributed by atoms with Gasteiger partial charge in [-0.05, 0) is 35.7 Å². The van der Waals surface area contributed by atoms with Crippen molar-refractivity contribution < 1.29 is 14.4 Å². The summed E-state index contributed by atoms with van der Waals surface area (Å²) in [5, 5.41) is 6.38. The second kappa shape index (κ2) is 13.3. The maximum atomic E-state index is 13.3. The zero-order chi connectivity index (χ0) is 27.7. The Kier molecular flexibility index (Phi) is 9.08. The van der Waals surface area contributed by atoms with Crippen molar-refractivity contribution in [2.24, 2.45) is 0 Å². The van der Waals surface area contributed by atoms with Crippen molar-refractivity contribution in [2.75, 3.05) is 62.6 Å². The SMILES string of the molecule is O=C(Cc1ccccc1)Nc1cc(C(=O)N2CCNCC2)ccc1N1CCCN(C(=O)Cc2ccccc2)CC1. The van der Waals surface area contributed by atoms with Crippen LogP contribution in [0.5, 0.6) is 0 Å². The van der Waals surface area contributed by atoms with Gasteiger partial charge in [0.1, 0.15) is 0 Å². The van der Waals surface area contributed by atoms with Gasteiger partial charge in [0.05, 0.1) is 24.2 Å². The number of nitrogens with one attached hydrogen (secondary N) is 2. The van der Waals surface area contributed by atoms with Gasteiger partial charge in [0.15, 0.2) is 0 Å². The zero-order valence-corrected chi connectivity index (χ0v) is 22.9. The molecule has 8 heteroatoms. The lowest BCUT2D eigenvalue weighted by atomic mass is 10.1. The number of benzene rings is 3. The molecular weight excluding hydrogens is 502 g/mol. The molecule has 0 bridgehead atoms. The lowest BCUT2D eigenvalue weighted by Gasteiger charge is -2.29. The Morgan fingerprint density at radius 1 is 0.700 bits per heavy atom. The van der Waals surface area contributed by atoms with Crippen LogP contribution in [0.25, 0.3) is 0 Å². The molecule has 2 saturated heterocycles. The average molecular weight is 540 g/mol. The molecule has 2 fully saturated rings. The van der Waals surface area contributed by atoms with E-state index >= 15 is 0 Å². The minimum absolute atomic E-state index is 0.0276. The summed E-state index contributed by atoms with van der Waals surface area (Å²) in [6.45, 7) is 5.57. The average Bonchev–Trinajstić information content (AvgIpc) is 3.25. The first-order chi connectivity index (χ1) is 19.6. The Morgan fingerprint density at radius 2 is 1.38 bits per heavy atom. The lowest BCUT2D eigenvalue weighted by Crippen LogP contribution is -2.46. The van der Waals surface area contributed by atoms with Gasteiger partial charge in [-0.25, -0.2) is 0 Å². The first-order valence-corrected chi connectivity index (χ1v) is 14.1. The summed E-state index contributed by atoms with van der Waals surface area (Å²) in [7, 11) is 0. The highest BCUT2D eigenvalue weighted by Crippen LogP contribution is 2.29. The Labute approximate surface area is 236 Å². The van der Waals surface area contributed by atoms with Gasteiger partial charge >= 0.3 is 0 Å². The molecule has 2 aliphatic heterocycles. The van der Waals surface area contributed by atoms with Crippen LogP contribution < -0.4 is 15.5 Å². The van der Waals surface area contributed by atoms with Gasteiger partial charge < -0.3 is 25.3 Å². The van der Waals surface area contributed by atoms with E-state index in [2.05, 4.69) is 15.5 Å². The van der Waals surface area contributed by atoms with Crippen LogP contribution in [0.4, 0.5) is 11.4 Å². The fourth-order valence-corrected chi connectivity index (χ4v) is 5.36. The number of hydrogen-bond donors (Lipinski definition) is 2. The third kappa shape index (κ3) is 7.07. The Bertz CT molecular complexity index is 1310. The van der Waals surface area contributed by atoms with Crippen LogP contribution in [0.1, 0.15) is 27.9 Å². The highest BCUT2D eigenvalue weighted by Gasteiger charge is 2.24.